The molecule has 1 aliphatic rings. The molecule has 1 saturated heterocycles. The molecule has 0 unspecified atom stereocenters. The third-order valence-electron chi connectivity index (χ3n) is 5.14. The molecule has 6 heteroatoms. The summed E-state index contributed by atoms with van der Waals surface area (Å²) in [6, 6.07) is 16.9. The minimum atomic E-state index is -0.172. The van der Waals surface area contributed by atoms with Crippen molar-refractivity contribution in [2.45, 2.75) is 58.2 Å². The van der Waals surface area contributed by atoms with E-state index in [2.05, 4.69) is 33.0 Å². The van der Waals surface area contributed by atoms with Crippen LogP contribution in [0.25, 0.3) is 10.9 Å². The van der Waals surface area contributed by atoms with Gasteiger partial charge in [-0.2, -0.15) is 9.78 Å². The zero-order valence-corrected chi connectivity index (χ0v) is 18.0. The largest absolute Gasteiger partial charge is 0.486 e. The van der Waals surface area contributed by atoms with Crippen LogP contribution < -0.4 is 15.6 Å². The van der Waals surface area contributed by atoms with Crippen LogP contribution in [0.2, 0.25) is 0 Å². The van der Waals surface area contributed by atoms with Gasteiger partial charge in [0.25, 0.3) is 5.56 Å². The maximum atomic E-state index is 13.3. The molecule has 0 radical (unpaired) electrons. The number of hydrogen-bond acceptors (Lipinski definition) is 5. The van der Waals surface area contributed by atoms with Crippen molar-refractivity contribution < 1.29 is 4.74 Å². The Kier molecular flexibility index (Phi) is 5.20. The highest BCUT2D eigenvalue weighted by Gasteiger charge is 2.35. The van der Waals surface area contributed by atoms with Crippen molar-refractivity contribution in [1.82, 2.24) is 15.0 Å². The summed E-state index contributed by atoms with van der Waals surface area (Å²) < 4.78 is 7.33. The van der Waals surface area contributed by atoms with Gasteiger partial charge in [0.05, 0.1) is 10.9 Å². The van der Waals surface area contributed by atoms with Gasteiger partial charge in [0.15, 0.2) is 5.82 Å². The zero-order valence-electron chi connectivity index (χ0n) is 18.0. The lowest BCUT2D eigenvalue weighted by atomic mass is 9.81. The van der Waals surface area contributed by atoms with E-state index >= 15 is 0 Å². The molecule has 1 aromatic heterocycles. The molecule has 2 heterocycles. The summed E-state index contributed by atoms with van der Waals surface area (Å²) in [6.07, 6.45) is 1.52. The molecule has 0 saturated carbocycles. The molecule has 156 valence electrons. The second-order valence-electron chi connectivity index (χ2n) is 9.18. The van der Waals surface area contributed by atoms with Crippen LogP contribution in [-0.4, -0.2) is 26.4 Å². The number of hydrogen-bond donors (Lipinski definition) is 1. The zero-order chi connectivity index (χ0) is 21.4. The molecule has 1 fully saturated rings. The highest BCUT2D eigenvalue weighted by Crippen LogP contribution is 2.27. The van der Waals surface area contributed by atoms with Gasteiger partial charge in [-0.05, 0) is 52.0 Å². The Labute approximate surface area is 176 Å². The number of aromatic nitrogens is 2. The second-order valence-corrected chi connectivity index (χ2v) is 9.18. The molecule has 1 N–H and O–H groups in total. The third-order valence-corrected chi connectivity index (χ3v) is 5.14. The highest BCUT2D eigenvalue weighted by molar-refractivity contribution is 5.87. The van der Waals surface area contributed by atoms with Crippen molar-refractivity contribution >= 4 is 16.6 Å². The van der Waals surface area contributed by atoms with Gasteiger partial charge < -0.3 is 10.1 Å². The Morgan fingerprint density at radius 1 is 1.00 bits per heavy atom. The van der Waals surface area contributed by atoms with Gasteiger partial charge in [-0.3, -0.25) is 4.79 Å². The van der Waals surface area contributed by atoms with Gasteiger partial charge in [0.1, 0.15) is 12.4 Å². The van der Waals surface area contributed by atoms with Crippen LogP contribution in [-0.2, 0) is 6.61 Å². The first kappa shape index (κ1) is 20.3. The lowest BCUT2D eigenvalue weighted by Crippen LogP contribution is -2.58. The van der Waals surface area contributed by atoms with Crippen molar-refractivity contribution in [3.63, 3.8) is 0 Å². The molecule has 0 aliphatic carbocycles. The fourth-order valence-electron chi connectivity index (χ4n) is 4.33. The van der Waals surface area contributed by atoms with E-state index in [1.807, 2.05) is 48.5 Å². The molecule has 0 amide bonds. The molecular weight excluding hydrogens is 376 g/mol. The van der Waals surface area contributed by atoms with E-state index in [1.165, 1.54) is 4.68 Å². The van der Waals surface area contributed by atoms with Crippen LogP contribution in [0, 0.1) is 0 Å². The average Bonchev–Trinajstić information content (AvgIpc) is 2.67. The number of fused-ring (bicyclic) bond motifs is 1. The first-order chi connectivity index (χ1) is 14.2. The topological polar surface area (TPSA) is 68.5 Å². The van der Waals surface area contributed by atoms with Crippen molar-refractivity contribution in [3.8, 4) is 5.75 Å². The quantitative estimate of drug-likeness (QED) is 0.710. The predicted molar refractivity (Wildman–Crippen MR) is 120 cm³/mol. The first-order valence-electron chi connectivity index (χ1n) is 10.3. The van der Waals surface area contributed by atoms with Gasteiger partial charge in [0, 0.05) is 29.6 Å². The Hall–Kier alpha value is -2.99. The van der Waals surface area contributed by atoms with Crippen molar-refractivity contribution in [2.24, 2.45) is 5.10 Å². The van der Waals surface area contributed by atoms with E-state index in [9.17, 15) is 4.79 Å². The molecule has 30 heavy (non-hydrogen) atoms. The molecule has 6 nitrogen and oxygen atoms in total. The summed E-state index contributed by atoms with van der Waals surface area (Å²) in [4.78, 5) is 18.0. The highest BCUT2D eigenvalue weighted by atomic mass is 16.5. The van der Waals surface area contributed by atoms with Gasteiger partial charge in [-0.15, -0.1) is 0 Å². The summed E-state index contributed by atoms with van der Waals surface area (Å²) in [7, 11) is 0. The average molecular weight is 405 g/mol. The molecule has 4 rings (SSSR count). The lowest BCUT2D eigenvalue weighted by Gasteiger charge is -2.43. The van der Waals surface area contributed by atoms with Crippen LogP contribution in [0.5, 0.6) is 5.75 Å². The second kappa shape index (κ2) is 7.69. The minimum Gasteiger partial charge on any atom is -0.486 e. The van der Waals surface area contributed by atoms with Crippen LogP contribution in [0.3, 0.4) is 0 Å². The molecule has 0 bridgehead atoms. The van der Waals surface area contributed by atoms with Crippen LogP contribution in [0.15, 0.2) is 64.5 Å². The summed E-state index contributed by atoms with van der Waals surface area (Å²) in [5, 5.41) is 9.01. The normalized spacial score (nSPS) is 17.7. The van der Waals surface area contributed by atoms with E-state index in [-0.39, 0.29) is 23.2 Å². The van der Waals surface area contributed by atoms with E-state index in [0.717, 1.165) is 24.3 Å². The van der Waals surface area contributed by atoms with Crippen molar-refractivity contribution in [1.29, 1.82) is 0 Å². The molecule has 0 spiro atoms. The summed E-state index contributed by atoms with van der Waals surface area (Å²) in [5.41, 5.74) is 1.25. The summed E-state index contributed by atoms with van der Waals surface area (Å²) in [6.45, 7) is 8.79. The number of para-hydroxylation sites is 2. The molecular formula is C24H28N4O2. The monoisotopic (exact) mass is 404 g/mol. The number of rotatable bonds is 4. The predicted octanol–water partition coefficient (Wildman–Crippen LogP) is 4.12. The van der Waals surface area contributed by atoms with Crippen LogP contribution >= 0.6 is 0 Å². The Balaban J connectivity index is 1.78. The molecule has 1 aliphatic heterocycles. The van der Waals surface area contributed by atoms with E-state index < -0.39 is 0 Å². The number of benzene rings is 2. The van der Waals surface area contributed by atoms with E-state index in [1.54, 1.807) is 6.07 Å². The number of nitrogens with one attached hydrogen (secondary N) is 1. The van der Waals surface area contributed by atoms with Crippen LogP contribution in [0.1, 0.15) is 46.4 Å². The molecule has 2 aromatic carbocycles. The Morgan fingerprint density at radius 2 is 1.63 bits per heavy atom. The maximum absolute atomic E-state index is 13.3. The van der Waals surface area contributed by atoms with Gasteiger partial charge in [-0.1, -0.05) is 30.3 Å². The lowest BCUT2D eigenvalue weighted by molar-refractivity contribution is 0.250. The van der Waals surface area contributed by atoms with Gasteiger partial charge in [0.2, 0.25) is 0 Å². The van der Waals surface area contributed by atoms with Gasteiger partial charge in [-0.25, -0.2) is 4.98 Å². The standard InChI is InChI=1S/C24H28N4O2/c1-23(2)14-17(15-24(3,4)27-23)26-28-21(16-30-18-10-6-5-7-11-18)25-20-13-9-8-12-19(20)22(28)29/h5-13,27H,14-16H2,1-4H3. The number of ether oxygens (including phenoxy) is 1. The Morgan fingerprint density at radius 3 is 2.33 bits per heavy atom. The molecule has 0 atom stereocenters. The van der Waals surface area contributed by atoms with Crippen LogP contribution in [0.4, 0.5) is 0 Å². The first-order valence-corrected chi connectivity index (χ1v) is 10.3. The number of nitrogens with zero attached hydrogens (tertiary/aromatic N) is 3. The molecule has 3 aromatic rings. The minimum absolute atomic E-state index is 0.102. The Bertz CT molecular complexity index is 1130. The number of piperidine rings is 1. The fourth-order valence-corrected chi connectivity index (χ4v) is 4.33. The van der Waals surface area contributed by atoms with Crippen molar-refractivity contribution in [2.75, 3.05) is 0 Å². The van der Waals surface area contributed by atoms with Crippen molar-refractivity contribution in [3.05, 3.63) is 70.8 Å². The van der Waals surface area contributed by atoms with E-state index in [0.29, 0.717) is 16.7 Å². The van der Waals surface area contributed by atoms with E-state index in [4.69, 9.17) is 14.8 Å². The maximum Gasteiger partial charge on any atom is 0.282 e. The fraction of sp³-hybridized carbons (Fsp3) is 0.375. The third kappa shape index (κ3) is 4.44. The van der Waals surface area contributed by atoms with Gasteiger partial charge >= 0.3 is 0 Å². The summed E-state index contributed by atoms with van der Waals surface area (Å²) >= 11 is 0. The summed E-state index contributed by atoms with van der Waals surface area (Å²) in [5.74, 6) is 1.22. The smallest absolute Gasteiger partial charge is 0.282 e. The SMILES string of the molecule is CC1(C)CC(=Nn2c(COc3ccccc3)nc3ccccc3c2=O)CC(C)(C)N1.